The summed E-state index contributed by atoms with van der Waals surface area (Å²) in [5, 5.41) is 0. The molecular formula is C12H23NO3. The monoisotopic (exact) mass is 229 g/mol. The average molecular weight is 229 g/mol. The van der Waals surface area contributed by atoms with Gasteiger partial charge in [-0.15, -0.1) is 0 Å². The van der Waals surface area contributed by atoms with Crippen molar-refractivity contribution in [2.45, 2.75) is 46.3 Å². The van der Waals surface area contributed by atoms with Gasteiger partial charge < -0.3 is 4.74 Å². The minimum Gasteiger partial charge on any atom is -0.454 e. The van der Waals surface area contributed by atoms with Crippen LogP contribution in [0.5, 0.6) is 0 Å². The number of carbonyl (C=O) groups is 2. The van der Waals surface area contributed by atoms with E-state index in [1.54, 1.807) is 6.92 Å². The molecule has 0 aliphatic heterocycles. The third kappa shape index (κ3) is 5.26. The van der Waals surface area contributed by atoms with Crippen molar-refractivity contribution in [2.75, 3.05) is 14.1 Å². The molecule has 0 heterocycles. The van der Waals surface area contributed by atoms with Crippen molar-refractivity contribution in [3.8, 4) is 0 Å². The van der Waals surface area contributed by atoms with E-state index in [1.165, 1.54) is 6.92 Å². The Labute approximate surface area is 98.0 Å². The summed E-state index contributed by atoms with van der Waals surface area (Å²) in [5.41, 5.74) is 0. The average Bonchev–Trinajstić information content (AvgIpc) is 2.12. The molecule has 0 bridgehead atoms. The second-order valence-electron chi connectivity index (χ2n) is 4.80. The van der Waals surface area contributed by atoms with Gasteiger partial charge in [0.2, 0.25) is 0 Å². The van der Waals surface area contributed by atoms with E-state index in [0.29, 0.717) is 5.92 Å². The number of hydrogen-bond acceptors (Lipinski definition) is 4. The fraction of sp³-hybridized carbons (Fsp3) is 0.833. The Balaban J connectivity index is 4.44. The van der Waals surface area contributed by atoms with Crippen LogP contribution in [0.15, 0.2) is 0 Å². The van der Waals surface area contributed by atoms with Crippen LogP contribution in [0.2, 0.25) is 0 Å². The van der Waals surface area contributed by atoms with E-state index in [2.05, 4.69) is 13.8 Å². The number of hydrogen-bond donors (Lipinski definition) is 0. The Morgan fingerprint density at radius 2 is 1.69 bits per heavy atom. The van der Waals surface area contributed by atoms with E-state index in [0.717, 1.165) is 6.42 Å². The van der Waals surface area contributed by atoms with Crippen LogP contribution in [-0.2, 0) is 14.3 Å². The molecule has 94 valence electrons. The van der Waals surface area contributed by atoms with Gasteiger partial charge >= 0.3 is 5.97 Å². The molecule has 0 saturated carbocycles. The molecule has 0 saturated heterocycles. The lowest BCUT2D eigenvalue weighted by molar-refractivity contribution is -0.158. The molecule has 0 spiro atoms. The van der Waals surface area contributed by atoms with Crippen molar-refractivity contribution in [1.82, 2.24) is 4.90 Å². The molecule has 0 aromatic carbocycles. The summed E-state index contributed by atoms with van der Waals surface area (Å²) >= 11 is 0. The van der Waals surface area contributed by atoms with Crippen LogP contribution in [0.1, 0.15) is 34.1 Å². The topological polar surface area (TPSA) is 46.6 Å². The van der Waals surface area contributed by atoms with Gasteiger partial charge in [-0.1, -0.05) is 13.8 Å². The maximum atomic E-state index is 11.8. The molecule has 4 nitrogen and oxygen atoms in total. The van der Waals surface area contributed by atoms with Crippen molar-refractivity contribution in [3.63, 3.8) is 0 Å². The maximum Gasteiger partial charge on any atom is 0.324 e. The zero-order valence-electron chi connectivity index (χ0n) is 11.1. The van der Waals surface area contributed by atoms with Crippen LogP contribution >= 0.6 is 0 Å². The van der Waals surface area contributed by atoms with E-state index in [4.69, 9.17) is 4.74 Å². The van der Waals surface area contributed by atoms with Crippen LogP contribution in [0.25, 0.3) is 0 Å². The van der Waals surface area contributed by atoms with Gasteiger partial charge in [-0.3, -0.25) is 14.5 Å². The molecule has 0 rings (SSSR count). The van der Waals surface area contributed by atoms with Crippen LogP contribution in [-0.4, -0.2) is 42.9 Å². The number of ketones is 1. The van der Waals surface area contributed by atoms with Crippen molar-refractivity contribution in [2.24, 2.45) is 5.92 Å². The second kappa shape index (κ2) is 6.63. The molecule has 0 aromatic rings. The molecular weight excluding hydrogens is 206 g/mol. The van der Waals surface area contributed by atoms with Crippen LogP contribution in [0.4, 0.5) is 0 Å². The number of rotatable bonds is 6. The first-order chi connectivity index (χ1) is 7.25. The van der Waals surface area contributed by atoms with Gasteiger partial charge in [-0.2, -0.15) is 0 Å². The van der Waals surface area contributed by atoms with Crippen molar-refractivity contribution in [1.29, 1.82) is 0 Å². The predicted molar refractivity (Wildman–Crippen MR) is 63.2 cm³/mol. The van der Waals surface area contributed by atoms with Crippen LogP contribution < -0.4 is 0 Å². The number of nitrogens with zero attached hydrogens (tertiary/aromatic N) is 1. The lowest BCUT2D eigenvalue weighted by Gasteiger charge is -2.25. The van der Waals surface area contributed by atoms with E-state index >= 15 is 0 Å². The highest BCUT2D eigenvalue weighted by Gasteiger charge is 2.25. The second-order valence-corrected chi connectivity index (χ2v) is 4.80. The molecule has 16 heavy (non-hydrogen) atoms. The molecule has 0 radical (unpaired) electrons. The minimum absolute atomic E-state index is 0.129. The maximum absolute atomic E-state index is 11.8. The molecule has 2 unspecified atom stereocenters. The van der Waals surface area contributed by atoms with Crippen LogP contribution in [0.3, 0.4) is 0 Å². The third-order valence-corrected chi connectivity index (χ3v) is 2.46. The smallest absolute Gasteiger partial charge is 0.324 e. The zero-order valence-corrected chi connectivity index (χ0v) is 11.1. The third-order valence-electron chi connectivity index (χ3n) is 2.46. The fourth-order valence-corrected chi connectivity index (χ4v) is 1.30. The first kappa shape index (κ1) is 15.1. The number of Topliss-reactive ketones (excluding diaryl/α,β-unsaturated/α-hetero) is 1. The van der Waals surface area contributed by atoms with Crippen molar-refractivity contribution < 1.29 is 14.3 Å². The normalized spacial score (nSPS) is 15.0. The highest BCUT2D eigenvalue weighted by atomic mass is 16.5. The number of esters is 1. The van der Waals surface area contributed by atoms with E-state index in [1.807, 2.05) is 19.0 Å². The number of carbonyl (C=O) groups excluding carboxylic acids is 2. The first-order valence-corrected chi connectivity index (χ1v) is 5.63. The molecule has 0 aromatic heterocycles. The standard InChI is InChI=1S/C12H23NO3/c1-8(2)7-11(13(5)6)12(15)16-10(4)9(3)14/h8,10-11H,7H2,1-6H3. The van der Waals surface area contributed by atoms with Gasteiger partial charge in [0.25, 0.3) is 0 Å². The lowest BCUT2D eigenvalue weighted by atomic mass is 10.0. The molecule has 2 atom stereocenters. The highest BCUT2D eigenvalue weighted by Crippen LogP contribution is 2.11. The molecule has 0 aliphatic carbocycles. The van der Waals surface area contributed by atoms with Crippen LogP contribution in [0, 0.1) is 5.92 Å². The summed E-state index contributed by atoms with van der Waals surface area (Å²) in [6.07, 6.45) is 0.0818. The van der Waals surface area contributed by atoms with Gasteiger partial charge in [0.1, 0.15) is 6.04 Å². The molecule has 0 N–H and O–H groups in total. The van der Waals surface area contributed by atoms with Crippen molar-refractivity contribution in [3.05, 3.63) is 0 Å². The predicted octanol–water partition coefficient (Wildman–Crippen LogP) is 1.48. The summed E-state index contributed by atoms with van der Waals surface area (Å²) in [6, 6.07) is -0.276. The molecule has 0 amide bonds. The lowest BCUT2D eigenvalue weighted by Crippen LogP contribution is -2.40. The Kier molecular flexibility index (Phi) is 6.26. The largest absolute Gasteiger partial charge is 0.454 e. The van der Waals surface area contributed by atoms with E-state index in [9.17, 15) is 9.59 Å². The Hall–Kier alpha value is -0.900. The fourth-order valence-electron chi connectivity index (χ4n) is 1.30. The summed E-state index contributed by atoms with van der Waals surface area (Å²) in [6.45, 7) is 7.13. The van der Waals surface area contributed by atoms with Gasteiger partial charge in [0, 0.05) is 0 Å². The summed E-state index contributed by atoms with van der Waals surface area (Å²) in [7, 11) is 3.68. The summed E-state index contributed by atoms with van der Waals surface area (Å²) < 4.78 is 5.11. The summed E-state index contributed by atoms with van der Waals surface area (Å²) in [5.74, 6) is -0.0376. The number of likely N-dealkylation sites (N-methyl/N-ethyl adjacent to an activating group) is 1. The minimum atomic E-state index is -0.651. The highest BCUT2D eigenvalue weighted by molar-refractivity contribution is 5.84. The van der Waals surface area contributed by atoms with Gasteiger partial charge in [0.05, 0.1) is 0 Å². The molecule has 4 heteroatoms. The van der Waals surface area contributed by atoms with Gasteiger partial charge in [-0.25, -0.2) is 0 Å². The van der Waals surface area contributed by atoms with E-state index < -0.39 is 6.10 Å². The van der Waals surface area contributed by atoms with Gasteiger partial charge in [0.15, 0.2) is 11.9 Å². The quantitative estimate of drug-likeness (QED) is 0.647. The molecule has 0 fully saturated rings. The zero-order chi connectivity index (χ0) is 12.9. The van der Waals surface area contributed by atoms with Crippen molar-refractivity contribution >= 4 is 11.8 Å². The summed E-state index contributed by atoms with van der Waals surface area (Å²) in [4.78, 5) is 24.7. The SMILES string of the molecule is CC(=O)C(C)OC(=O)C(CC(C)C)N(C)C. The number of ether oxygens (including phenoxy) is 1. The first-order valence-electron chi connectivity index (χ1n) is 5.63. The Bertz CT molecular complexity index is 249. The van der Waals surface area contributed by atoms with Gasteiger partial charge in [-0.05, 0) is 40.3 Å². The van der Waals surface area contributed by atoms with E-state index in [-0.39, 0.29) is 17.8 Å². The Morgan fingerprint density at radius 1 is 1.19 bits per heavy atom. The Morgan fingerprint density at radius 3 is 2.00 bits per heavy atom. The molecule has 0 aliphatic rings.